The van der Waals surface area contributed by atoms with E-state index >= 15 is 0 Å². The van der Waals surface area contributed by atoms with E-state index in [0.29, 0.717) is 6.07 Å². The lowest BCUT2D eigenvalue weighted by molar-refractivity contribution is 0.104. The molecule has 0 radical (unpaired) electrons. The Balaban J connectivity index is 2.57. The summed E-state index contributed by atoms with van der Waals surface area (Å²) in [5, 5.41) is -0.796. The summed E-state index contributed by atoms with van der Waals surface area (Å²) in [6, 6.07) is 0.674. The van der Waals surface area contributed by atoms with Gasteiger partial charge in [0.15, 0.2) is 17.4 Å². The van der Waals surface area contributed by atoms with Gasteiger partial charge < -0.3 is 14.5 Å². The Morgan fingerprint density at radius 2 is 2.15 bits per heavy atom. The van der Waals surface area contributed by atoms with E-state index in [9.17, 15) is 18.4 Å². The highest BCUT2D eigenvalue weighted by Crippen LogP contribution is 2.26. The summed E-state index contributed by atoms with van der Waals surface area (Å²) in [5.41, 5.74) is -0.903. The predicted octanol–water partition coefficient (Wildman–Crippen LogP) is 3.00. The molecular formula is C12H8ClF2NO4. The van der Waals surface area contributed by atoms with Crippen molar-refractivity contribution in [3.8, 4) is 5.75 Å². The first-order valence-electron chi connectivity index (χ1n) is 5.49. The zero-order valence-corrected chi connectivity index (χ0v) is 10.9. The van der Waals surface area contributed by atoms with E-state index in [0.717, 1.165) is 6.20 Å². The Kier molecular flexibility index (Phi) is 3.89. The summed E-state index contributed by atoms with van der Waals surface area (Å²) < 4.78 is 35.7. The largest absolute Gasteiger partial charge is 0.514 e. The van der Waals surface area contributed by atoms with E-state index in [2.05, 4.69) is 14.5 Å². The van der Waals surface area contributed by atoms with Gasteiger partial charge in [0.05, 0.1) is 17.5 Å². The van der Waals surface area contributed by atoms with E-state index < -0.39 is 34.0 Å². The maximum atomic E-state index is 13.3. The van der Waals surface area contributed by atoms with Crippen molar-refractivity contribution in [3.63, 3.8) is 0 Å². The average Bonchev–Trinajstić information content (AvgIpc) is 2.40. The molecule has 8 heteroatoms. The summed E-state index contributed by atoms with van der Waals surface area (Å²) in [6.45, 7) is 1.62. The molecule has 1 N–H and O–H groups in total. The molecule has 106 valence electrons. The molecule has 1 heterocycles. The molecule has 0 unspecified atom stereocenters. The number of hydrogen-bond acceptors (Lipinski definition) is 4. The van der Waals surface area contributed by atoms with Gasteiger partial charge in [-0.05, 0) is 13.0 Å². The Morgan fingerprint density at radius 3 is 2.80 bits per heavy atom. The maximum absolute atomic E-state index is 13.3. The van der Waals surface area contributed by atoms with Crippen molar-refractivity contribution in [2.24, 2.45) is 0 Å². The number of pyridine rings is 1. The number of carbonyl (C=O) groups is 1. The number of ether oxygens (including phenoxy) is 2. The lowest BCUT2D eigenvalue weighted by Gasteiger charge is -2.06. The van der Waals surface area contributed by atoms with Gasteiger partial charge >= 0.3 is 6.16 Å². The molecule has 2 aromatic rings. The lowest BCUT2D eigenvalue weighted by Crippen LogP contribution is -2.16. The number of hydrogen-bond donors (Lipinski definition) is 1. The highest BCUT2D eigenvalue weighted by atomic mass is 35.5. The van der Waals surface area contributed by atoms with Crippen LogP contribution in [0.2, 0.25) is 5.02 Å². The second-order valence-electron chi connectivity index (χ2n) is 3.68. The van der Waals surface area contributed by atoms with Crippen LogP contribution in [0.5, 0.6) is 5.75 Å². The smallest absolute Gasteiger partial charge is 0.434 e. The number of aromatic nitrogens is 1. The minimum Gasteiger partial charge on any atom is -0.434 e. The van der Waals surface area contributed by atoms with E-state index in [1.54, 1.807) is 6.92 Å². The van der Waals surface area contributed by atoms with Crippen molar-refractivity contribution in [2.75, 3.05) is 6.61 Å². The first-order chi connectivity index (χ1) is 9.45. The molecule has 0 aliphatic heterocycles. The number of H-pyrrole nitrogens is 1. The van der Waals surface area contributed by atoms with E-state index in [4.69, 9.17) is 11.6 Å². The van der Waals surface area contributed by atoms with E-state index in [1.165, 1.54) is 0 Å². The van der Waals surface area contributed by atoms with Gasteiger partial charge in [0.1, 0.15) is 5.02 Å². The Labute approximate surface area is 116 Å². The molecule has 20 heavy (non-hydrogen) atoms. The predicted molar refractivity (Wildman–Crippen MR) is 67.1 cm³/mol. The van der Waals surface area contributed by atoms with Gasteiger partial charge in [-0.1, -0.05) is 11.6 Å². The minimum absolute atomic E-state index is 0.0655. The minimum atomic E-state index is -1.28. The second kappa shape index (κ2) is 5.46. The van der Waals surface area contributed by atoms with Gasteiger partial charge in [-0.15, -0.1) is 0 Å². The number of carbonyl (C=O) groups excluding carboxylic acids is 1. The SMILES string of the molecule is CCOC(=O)Oc1c[nH]c2c(Cl)c(F)c(F)cc2c1=O. The summed E-state index contributed by atoms with van der Waals surface area (Å²) in [4.78, 5) is 25.6. The van der Waals surface area contributed by atoms with Crippen LogP contribution in [0.25, 0.3) is 10.9 Å². The van der Waals surface area contributed by atoms with Crippen LogP contribution in [0.3, 0.4) is 0 Å². The molecule has 1 aromatic carbocycles. The number of nitrogens with one attached hydrogen (secondary N) is 1. The molecule has 1 aromatic heterocycles. The van der Waals surface area contributed by atoms with Crippen LogP contribution in [0.15, 0.2) is 17.1 Å². The normalized spacial score (nSPS) is 10.6. The standard InChI is InChI=1S/C12H8ClF2NO4/c1-2-19-12(18)20-7-4-16-10-5(11(7)17)3-6(14)9(15)8(10)13/h3-4H,2H2,1H3,(H,16,17). The first kappa shape index (κ1) is 14.3. The van der Waals surface area contributed by atoms with Crippen molar-refractivity contribution in [3.05, 3.63) is 39.1 Å². The third-order valence-corrected chi connectivity index (χ3v) is 2.79. The summed E-state index contributed by atoms with van der Waals surface area (Å²) in [7, 11) is 0. The Bertz CT molecular complexity index is 744. The van der Waals surface area contributed by atoms with Crippen molar-refractivity contribution < 1.29 is 23.0 Å². The fourth-order valence-corrected chi connectivity index (χ4v) is 1.81. The molecular weight excluding hydrogens is 296 g/mol. The van der Waals surface area contributed by atoms with Crippen molar-refractivity contribution in [2.45, 2.75) is 6.92 Å². The molecule has 0 amide bonds. The summed E-state index contributed by atoms with van der Waals surface area (Å²) >= 11 is 5.59. The third-order valence-electron chi connectivity index (χ3n) is 2.43. The second-order valence-corrected chi connectivity index (χ2v) is 4.05. The van der Waals surface area contributed by atoms with E-state index in [-0.39, 0.29) is 17.5 Å². The Morgan fingerprint density at radius 1 is 1.45 bits per heavy atom. The highest BCUT2D eigenvalue weighted by Gasteiger charge is 2.17. The lowest BCUT2D eigenvalue weighted by atomic mass is 10.2. The molecule has 0 aliphatic carbocycles. The monoisotopic (exact) mass is 303 g/mol. The van der Waals surface area contributed by atoms with Gasteiger partial charge in [0, 0.05) is 6.20 Å². The molecule has 0 fully saturated rings. The summed E-state index contributed by atoms with van der Waals surface area (Å²) in [6.07, 6.45) is -0.0591. The van der Waals surface area contributed by atoms with Gasteiger partial charge in [-0.3, -0.25) is 4.79 Å². The number of benzene rings is 1. The van der Waals surface area contributed by atoms with Gasteiger partial charge in [-0.2, -0.15) is 0 Å². The topological polar surface area (TPSA) is 68.4 Å². The van der Waals surface area contributed by atoms with Crippen molar-refractivity contribution in [1.29, 1.82) is 0 Å². The molecule has 0 saturated heterocycles. The maximum Gasteiger partial charge on any atom is 0.514 e. The van der Waals surface area contributed by atoms with Crippen LogP contribution in [-0.4, -0.2) is 17.7 Å². The zero-order valence-electron chi connectivity index (χ0n) is 10.1. The van der Waals surface area contributed by atoms with Gasteiger partial charge in [0.2, 0.25) is 5.43 Å². The molecule has 0 bridgehead atoms. The number of fused-ring (bicyclic) bond motifs is 1. The van der Waals surface area contributed by atoms with Crippen molar-refractivity contribution >= 4 is 28.7 Å². The van der Waals surface area contributed by atoms with Crippen LogP contribution >= 0.6 is 11.6 Å². The van der Waals surface area contributed by atoms with Gasteiger partial charge in [0.25, 0.3) is 0 Å². The van der Waals surface area contributed by atoms with Crippen LogP contribution in [-0.2, 0) is 4.74 Å². The molecule has 0 spiro atoms. The van der Waals surface area contributed by atoms with Crippen LogP contribution < -0.4 is 10.2 Å². The summed E-state index contributed by atoms with van der Waals surface area (Å²) in [5.74, 6) is -2.95. The number of rotatable bonds is 2. The third kappa shape index (κ3) is 2.44. The fourth-order valence-electron chi connectivity index (χ4n) is 1.56. The molecule has 0 aliphatic rings. The van der Waals surface area contributed by atoms with Crippen LogP contribution in [0.4, 0.5) is 13.6 Å². The molecule has 0 atom stereocenters. The molecule has 2 rings (SSSR count). The Hall–Kier alpha value is -2.15. The number of aromatic amines is 1. The highest BCUT2D eigenvalue weighted by molar-refractivity contribution is 6.35. The fraction of sp³-hybridized carbons (Fsp3) is 0.167. The van der Waals surface area contributed by atoms with Crippen LogP contribution in [0, 0.1) is 11.6 Å². The van der Waals surface area contributed by atoms with Crippen molar-refractivity contribution in [1.82, 2.24) is 4.98 Å². The van der Waals surface area contributed by atoms with E-state index in [1.807, 2.05) is 0 Å². The number of halogens is 3. The average molecular weight is 304 g/mol. The first-order valence-corrected chi connectivity index (χ1v) is 5.87. The zero-order chi connectivity index (χ0) is 14.9. The molecule has 5 nitrogen and oxygen atoms in total. The van der Waals surface area contributed by atoms with Crippen LogP contribution in [0.1, 0.15) is 6.92 Å². The van der Waals surface area contributed by atoms with Gasteiger partial charge in [-0.25, -0.2) is 13.6 Å². The molecule has 0 saturated carbocycles. The quantitative estimate of drug-likeness (QED) is 0.684.